The van der Waals surface area contributed by atoms with Gasteiger partial charge in [0.1, 0.15) is 0 Å². The third kappa shape index (κ3) is 3.90. The standard InChI is InChI=1S/C23H27N3OS/c1-16(2)19-9-7-18(8-10-19)15-21(27)25-11-13-26(14-12-25)23-24-22-17(3)5-4-6-20(22)28-23/h4-10,16H,11-15H2,1-3H3. The van der Waals surface area contributed by atoms with E-state index in [0.29, 0.717) is 12.3 Å². The van der Waals surface area contributed by atoms with E-state index in [1.165, 1.54) is 15.8 Å². The van der Waals surface area contributed by atoms with E-state index in [-0.39, 0.29) is 5.91 Å². The predicted molar refractivity (Wildman–Crippen MR) is 117 cm³/mol. The van der Waals surface area contributed by atoms with Gasteiger partial charge in [0.15, 0.2) is 5.13 Å². The van der Waals surface area contributed by atoms with Gasteiger partial charge in [-0.1, -0.05) is 61.6 Å². The van der Waals surface area contributed by atoms with E-state index in [1.807, 2.05) is 4.90 Å². The average molecular weight is 394 g/mol. The summed E-state index contributed by atoms with van der Waals surface area (Å²) in [5.74, 6) is 0.737. The Morgan fingerprint density at radius 3 is 2.43 bits per heavy atom. The van der Waals surface area contributed by atoms with Crippen LogP contribution < -0.4 is 4.90 Å². The lowest BCUT2D eigenvalue weighted by Crippen LogP contribution is -2.49. The zero-order chi connectivity index (χ0) is 19.7. The molecule has 0 spiro atoms. The summed E-state index contributed by atoms with van der Waals surface area (Å²) in [6.07, 6.45) is 0.485. The number of thiazole rings is 1. The average Bonchev–Trinajstić information content (AvgIpc) is 3.14. The van der Waals surface area contributed by atoms with E-state index in [2.05, 4.69) is 68.1 Å². The number of benzene rings is 2. The molecule has 28 heavy (non-hydrogen) atoms. The van der Waals surface area contributed by atoms with Crippen LogP contribution in [0.25, 0.3) is 10.2 Å². The highest BCUT2D eigenvalue weighted by Crippen LogP contribution is 2.31. The summed E-state index contributed by atoms with van der Waals surface area (Å²) in [4.78, 5) is 21.8. The lowest BCUT2D eigenvalue weighted by molar-refractivity contribution is -0.130. The molecule has 1 fully saturated rings. The van der Waals surface area contributed by atoms with E-state index >= 15 is 0 Å². The number of piperazine rings is 1. The molecule has 0 saturated carbocycles. The fraction of sp³-hybridized carbons (Fsp3) is 0.391. The second-order valence-corrected chi connectivity index (χ2v) is 8.87. The van der Waals surface area contributed by atoms with Crippen LogP contribution in [0, 0.1) is 6.92 Å². The van der Waals surface area contributed by atoms with Gasteiger partial charge in [0.2, 0.25) is 5.91 Å². The molecule has 0 bridgehead atoms. The molecule has 1 amide bonds. The van der Waals surface area contributed by atoms with Gasteiger partial charge in [0.25, 0.3) is 0 Å². The van der Waals surface area contributed by atoms with Crippen LogP contribution in [0.5, 0.6) is 0 Å². The molecule has 2 heterocycles. The molecule has 4 rings (SSSR count). The smallest absolute Gasteiger partial charge is 0.227 e. The maximum Gasteiger partial charge on any atom is 0.227 e. The minimum Gasteiger partial charge on any atom is -0.345 e. The predicted octanol–water partition coefficient (Wildman–Crippen LogP) is 4.62. The van der Waals surface area contributed by atoms with Crippen molar-refractivity contribution in [3.8, 4) is 0 Å². The Bertz CT molecular complexity index is 969. The Morgan fingerprint density at radius 1 is 1.07 bits per heavy atom. The third-order valence-corrected chi connectivity index (χ3v) is 6.60. The largest absolute Gasteiger partial charge is 0.345 e. The number of hydrogen-bond acceptors (Lipinski definition) is 4. The second-order valence-electron chi connectivity index (χ2n) is 7.86. The number of carbonyl (C=O) groups is 1. The summed E-state index contributed by atoms with van der Waals surface area (Å²) in [6.45, 7) is 9.69. The van der Waals surface area contributed by atoms with Crippen molar-refractivity contribution in [1.29, 1.82) is 0 Å². The molecular weight excluding hydrogens is 366 g/mol. The SMILES string of the molecule is Cc1cccc2sc(N3CCN(C(=O)Cc4ccc(C(C)C)cc4)CC3)nc12. The summed E-state index contributed by atoms with van der Waals surface area (Å²) in [5, 5.41) is 1.07. The minimum absolute atomic E-state index is 0.220. The quantitative estimate of drug-likeness (QED) is 0.649. The summed E-state index contributed by atoms with van der Waals surface area (Å²) >= 11 is 1.75. The third-order valence-electron chi connectivity index (χ3n) is 5.51. The van der Waals surface area contributed by atoms with Crippen molar-refractivity contribution in [2.24, 2.45) is 0 Å². The summed E-state index contributed by atoms with van der Waals surface area (Å²) in [6, 6.07) is 14.8. The van der Waals surface area contributed by atoms with Crippen molar-refractivity contribution in [1.82, 2.24) is 9.88 Å². The van der Waals surface area contributed by atoms with Crippen molar-refractivity contribution >= 4 is 32.6 Å². The van der Waals surface area contributed by atoms with Gasteiger partial charge in [-0.2, -0.15) is 0 Å². The number of aryl methyl sites for hydroxylation is 1. The van der Waals surface area contributed by atoms with Crippen molar-refractivity contribution < 1.29 is 4.79 Å². The Labute approximate surface area is 170 Å². The number of para-hydroxylation sites is 1. The number of amides is 1. The number of nitrogens with zero attached hydrogens (tertiary/aromatic N) is 3. The molecule has 0 aliphatic carbocycles. The first-order valence-corrected chi connectivity index (χ1v) is 10.8. The van der Waals surface area contributed by atoms with Crippen molar-refractivity contribution in [2.75, 3.05) is 31.1 Å². The summed E-state index contributed by atoms with van der Waals surface area (Å²) in [7, 11) is 0. The first kappa shape index (κ1) is 18.9. The molecule has 0 N–H and O–H groups in total. The fourth-order valence-electron chi connectivity index (χ4n) is 3.66. The minimum atomic E-state index is 0.220. The number of aromatic nitrogens is 1. The van der Waals surface area contributed by atoms with Gasteiger partial charge in [-0.3, -0.25) is 4.79 Å². The highest BCUT2D eigenvalue weighted by Gasteiger charge is 2.23. The fourth-order valence-corrected chi connectivity index (χ4v) is 4.76. The number of hydrogen-bond donors (Lipinski definition) is 0. The molecule has 0 unspecified atom stereocenters. The highest BCUT2D eigenvalue weighted by atomic mass is 32.1. The van der Waals surface area contributed by atoms with Crippen molar-refractivity contribution in [3.63, 3.8) is 0 Å². The first-order chi connectivity index (χ1) is 13.5. The van der Waals surface area contributed by atoms with Gasteiger partial charge in [-0.25, -0.2) is 4.98 Å². The number of rotatable bonds is 4. The molecule has 1 aliphatic heterocycles. The van der Waals surface area contributed by atoms with Crippen LogP contribution in [0.15, 0.2) is 42.5 Å². The van der Waals surface area contributed by atoms with E-state index in [9.17, 15) is 4.79 Å². The number of fused-ring (bicyclic) bond motifs is 1. The maximum atomic E-state index is 12.7. The molecule has 146 valence electrons. The van der Waals surface area contributed by atoms with Crippen LogP contribution >= 0.6 is 11.3 Å². The van der Waals surface area contributed by atoms with Gasteiger partial charge in [-0.15, -0.1) is 0 Å². The van der Waals surface area contributed by atoms with E-state index in [0.717, 1.165) is 42.4 Å². The highest BCUT2D eigenvalue weighted by molar-refractivity contribution is 7.22. The molecule has 5 heteroatoms. The Hall–Kier alpha value is -2.40. The van der Waals surface area contributed by atoms with Crippen LogP contribution in [0.2, 0.25) is 0 Å². The number of anilines is 1. The molecule has 1 saturated heterocycles. The molecule has 2 aromatic carbocycles. The van der Waals surface area contributed by atoms with Crippen LogP contribution in [0.4, 0.5) is 5.13 Å². The van der Waals surface area contributed by atoms with Crippen LogP contribution in [0.3, 0.4) is 0 Å². The van der Waals surface area contributed by atoms with Crippen molar-refractivity contribution in [3.05, 3.63) is 59.2 Å². The molecule has 3 aromatic rings. The normalized spacial score (nSPS) is 14.9. The number of carbonyl (C=O) groups excluding carboxylic acids is 1. The molecular formula is C23H27N3OS. The van der Waals surface area contributed by atoms with Crippen molar-refractivity contribution in [2.45, 2.75) is 33.1 Å². The Kier molecular flexibility index (Phi) is 5.36. The molecule has 0 atom stereocenters. The second kappa shape index (κ2) is 7.92. The van der Waals surface area contributed by atoms with E-state index in [4.69, 9.17) is 4.98 Å². The zero-order valence-corrected chi connectivity index (χ0v) is 17.6. The summed E-state index contributed by atoms with van der Waals surface area (Å²) in [5.41, 5.74) is 4.73. The maximum absolute atomic E-state index is 12.7. The topological polar surface area (TPSA) is 36.4 Å². The van der Waals surface area contributed by atoms with Crippen LogP contribution in [-0.2, 0) is 11.2 Å². The van der Waals surface area contributed by atoms with Crippen LogP contribution in [-0.4, -0.2) is 42.0 Å². The van der Waals surface area contributed by atoms with Gasteiger partial charge in [0, 0.05) is 26.2 Å². The lowest BCUT2D eigenvalue weighted by atomic mass is 10.0. The first-order valence-electron chi connectivity index (χ1n) is 9.99. The van der Waals surface area contributed by atoms with E-state index in [1.54, 1.807) is 11.3 Å². The molecule has 4 nitrogen and oxygen atoms in total. The Morgan fingerprint density at radius 2 is 1.79 bits per heavy atom. The van der Waals surface area contributed by atoms with E-state index < -0.39 is 0 Å². The molecule has 1 aromatic heterocycles. The van der Waals surface area contributed by atoms with Gasteiger partial charge in [0.05, 0.1) is 16.6 Å². The van der Waals surface area contributed by atoms with Gasteiger partial charge in [-0.05, 0) is 35.6 Å². The van der Waals surface area contributed by atoms with Crippen LogP contribution in [0.1, 0.15) is 36.5 Å². The van der Waals surface area contributed by atoms with Gasteiger partial charge < -0.3 is 9.80 Å². The molecule has 1 aliphatic rings. The Balaban J connectivity index is 1.36. The summed E-state index contributed by atoms with van der Waals surface area (Å²) < 4.78 is 1.23. The molecule has 0 radical (unpaired) electrons. The zero-order valence-electron chi connectivity index (χ0n) is 16.8. The monoisotopic (exact) mass is 393 g/mol. The van der Waals surface area contributed by atoms with Gasteiger partial charge >= 0.3 is 0 Å². The lowest BCUT2D eigenvalue weighted by Gasteiger charge is -2.34.